The summed E-state index contributed by atoms with van der Waals surface area (Å²) in [6, 6.07) is 8.35. The normalized spacial score (nSPS) is 12.9. The molecule has 4 aromatic rings. The molecular formula is C28H29N2O7-. The van der Waals surface area contributed by atoms with Crippen LogP contribution in [0.1, 0.15) is 43.4 Å². The molecule has 0 aliphatic heterocycles. The van der Waals surface area contributed by atoms with Gasteiger partial charge in [0.15, 0.2) is 6.10 Å². The quantitative estimate of drug-likeness (QED) is 0.281. The van der Waals surface area contributed by atoms with Gasteiger partial charge in [-0.05, 0) is 73.7 Å². The summed E-state index contributed by atoms with van der Waals surface area (Å²) in [7, 11) is 0. The van der Waals surface area contributed by atoms with Crippen molar-refractivity contribution < 1.29 is 29.0 Å². The van der Waals surface area contributed by atoms with Crippen LogP contribution in [0.4, 0.5) is 0 Å². The zero-order valence-electron chi connectivity index (χ0n) is 20.9. The largest absolute Gasteiger partial charge is 0.548 e. The van der Waals surface area contributed by atoms with Crippen molar-refractivity contribution in [3.05, 3.63) is 69.7 Å². The molecule has 0 fully saturated rings. The van der Waals surface area contributed by atoms with Crippen LogP contribution in [0.2, 0.25) is 0 Å². The molecule has 1 amide bonds. The van der Waals surface area contributed by atoms with E-state index in [9.17, 15) is 24.6 Å². The third-order valence-electron chi connectivity index (χ3n) is 6.28. The van der Waals surface area contributed by atoms with Crippen LogP contribution in [0.15, 0.2) is 51.8 Å². The van der Waals surface area contributed by atoms with Gasteiger partial charge in [-0.2, -0.15) is 0 Å². The lowest BCUT2D eigenvalue weighted by molar-refractivity contribution is -0.308. The molecule has 0 radical (unpaired) electrons. The molecule has 2 atom stereocenters. The average molecular weight is 506 g/mol. The number of carboxylic acids is 1. The van der Waals surface area contributed by atoms with E-state index in [4.69, 9.17) is 9.15 Å². The molecule has 9 nitrogen and oxygen atoms in total. The van der Waals surface area contributed by atoms with Crippen molar-refractivity contribution in [1.82, 2.24) is 10.3 Å². The van der Waals surface area contributed by atoms with E-state index in [2.05, 4.69) is 10.3 Å². The minimum absolute atomic E-state index is 0.0453. The van der Waals surface area contributed by atoms with Gasteiger partial charge in [0.25, 0.3) is 5.91 Å². The number of rotatable bonds is 10. The number of amides is 1. The van der Waals surface area contributed by atoms with Crippen LogP contribution in [-0.2, 0) is 22.4 Å². The molecule has 3 N–H and O–H groups in total. The number of fused-ring (bicyclic) bond motifs is 2. The van der Waals surface area contributed by atoms with Gasteiger partial charge in [0, 0.05) is 29.6 Å². The Morgan fingerprint density at radius 3 is 2.70 bits per heavy atom. The van der Waals surface area contributed by atoms with Gasteiger partial charge < -0.3 is 34.5 Å². The second kappa shape index (κ2) is 10.8. The molecular weight excluding hydrogens is 476 g/mol. The lowest BCUT2D eigenvalue weighted by atomic mass is 10.0. The van der Waals surface area contributed by atoms with Crippen molar-refractivity contribution in [2.24, 2.45) is 0 Å². The Hall–Kier alpha value is -4.27. The number of H-pyrrole nitrogens is 1. The number of hydrogen-bond acceptors (Lipinski definition) is 7. The highest BCUT2D eigenvalue weighted by Crippen LogP contribution is 2.31. The van der Waals surface area contributed by atoms with Gasteiger partial charge >= 0.3 is 5.63 Å². The van der Waals surface area contributed by atoms with Gasteiger partial charge in [-0.25, -0.2) is 4.79 Å². The first kappa shape index (κ1) is 25.8. The molecule has 0 aliphatic carbocycles. The van der Waals surface area contributed by atoms with Crippen LogP contribution < -0.4 is 20.8 Å². The molecule has 4 rings (SSSR count). The number of carbonyl (C=O) groups excluding carboxylic acids is 2. The fourth-order valence-electron chi connectivity index (χ4n) is 4.41. The average Bonchev–Trinajstić information content (AvgIpc) is 3.22. The summed E-state index contributed by atoms with van der Waals surface area (Å²) in [6.07, 6.45) is 2.97. The number of aromatic amines is 1. The van der Waals surface area contributed by atoms with Crippen LogP contribution in [0.25, 0.3) is 21.9 Å². The van der Waals surface area contributed by atoms with E-state index in [-0.39, 0.29) is 12.2 Å². The molecule has 2 aromatic heterocycles. The molecule has 0 unspecified atom stereocenters. The number of aryl methyl sites for hydroxylation is 2. The Morgan fingerprint density at radius 2 is 1.97 bits per heavy atom. The molecule has 0 spiro atoms. The van der Waals surface area contributed by atoms with E-state index >= 15 is 0 Å². The van der Waals surface area contributed by atoms with Crippen molar-refractivity contribution in [1.29, 1.82) is 0 Å². The van der Waals surface area contributed by atoms with Crippen LogP contribution in [0, 0.1) is 6.92 Å². The second-order valence-electron chi connectivity index (χ2n) is 9.22. The van der Waals surface area contributed by atoms with Crippen molar-refractivity contribution >= 4 is 33.7 Å². The van der Waals surface area contributed by atoms with Gasteiger partial charge in [-0.15, -0.1) is 0 Å². The summed E-state index contributed by atoms with van der Waals surface area (Å²) < 4.78 is 11.4. The van der Waals surface area contributed by atoms with Gasteiger partial charge in [0.05, 0.1) is 17.4 Å². The van der Waals surface area contributed by atoms with E-state index in [1.807, 2.05) is 13.8 Å². The number of ether oxygens (including phenoxy) is 1. The first-order valence-corrected chi connectivity index (χ1v) is 12.2. The Balaban J connectivity index is 1.56. The Labute approximate surface area is 213 Å². The molecule has 0 saturated carbocycles. The number of aliphatic carboxylic acids is 1. The SMILES string of the molecule is CCCCc1cc(=O)oc2cc(C)cc(O[C@H](C)C(=O)N[C@H](Cc3c[nH]c4ccc(O)cc34)C(=O)[O-])c12. The van der Waals surface area contributed by atoms with Crippen LogP contribution in [0.3, 0.4) is 0 Å². The maximum Gasteiger partial charge on any atom is 0.336 e. The van der Waals surface area contributed by atoms with E-state index < -0.39 is 29.6 Å². The maximum absolute atomic E-state index is 13.0. The smallest absolute Gasteiger partial charge is 0.336 e. The fourth-order valence-corrected chi connectivity index (χ4v) is 4.41. The zero-order chi connectivity index (χ0) is 26.7. The third-order valence-corrected chi connectivity index (χ3v) is 6.28. The number of unbranched alkanes of at least 4 members (excludes halogenated alkanes) is 1. The third kappa shape index (κ3) is 5.77. The maximum atomic E-state index is 13.0. The van der Waals surface area contributed by atoms with Gasteiger partial charge in [-0.3, -0.25) is 4.79 Å². The highest BCUT2D eigenvalue weighted by Gasteiger charge is 2.23. The summed E-state index contributed by atoms with van der Waals surface area (Å²) in [5, 5.41) is 25.4. The summed E-state index contributed by atoms with van der Waals surface area (Å²) >= 11 is 0. The zero-order valence-corrected chi connectivity index (χ0v) is 20.9. The van der Waals surface area contributed by atoms with E-state index in [0.29, 0.717) is 34.1 Å². The minimum Gasteiger partial charge on any atom is -0.548 e. The Kier molecular flexibility index (Phi) is 7.52. The fraction of sp³-hybridized carbons (Fsp3) is 0.321. The highest BCUT2D eigenvalue weighted by molar-refractivity contribution is 5.90. The molecule has 2 heterocycles. The minimum atomic E-state index is -1.44. The summed E-state index contributed by atoms with van der Waals surface area (Å²) in [5.41, 5.74) is 2.80. The lowest BCUT2D eigenvalue weighted by Crippen LogP contribution is -2.52. The highest BCUT2D eigenvalue weighted by atomic mass is 16.5. The summed E-state index contributed by atoms with van der Waals surface area (Å²) in [6.45, 7) is 5.39. The molecule has 194 valence electrons. The van der Waals surface area contributed by atoms with Gasteiger partial charge in [-0.1, -0.05) is 13.3 Å². The van der Waals surface area contributed by atoms with Crippen LogP contribution in [0.5, 0.6) is 11.5 Å². The number of phenolic OH excluding ortho intramolecular Hbond substituents is 1. The van der Waals surface area contributed by atoms with Crippen LogP contribution >= 0.6 is 0 Å². The van der Waals surface area contributed by atoms with E-state index in [1.165, 1.54) is 25.1 Å². The summed E-state index contributed by atoms with van der Waals surface area (Å²) in [5.74, 6) is -1.66. The number of benzene rings is 2. The number of aromatic nitrogens is 1. The molecule has 9 heteroatoms. The lowest BCUT2D eigenvalue weighted by Gasteiger charge is -2.23. The summed E-state index contributed by atoms with van der Waals surface area (Å²) in [4.78, 5) is 40.0. The molecule has 0 bridgehead atoms. The van der Waals surface area contributed by atoms with Gasteiger partial charge in [0.2, 0.25) is 0 Å². The number of carboxylic acid groups (broad SMARTS) is 1. The van der Waals surface area contributed by atoms with Crippen molar-refractivity contribution in [2.75, 3.05) is 0 Å². The monoisotopic (exact) mass is 505 g/mol. The first-order chi connectivity index (χ1) is 17.7. The number of nitrogens with one attached hydrogen (secondary N) is 2. The number of hydrogen-bond donors (Lipinski definition) is 3. The predicted octanol–water partition coefficient (Wildman–Crippen LogP) is 2.88. The van der Waals surface area contributed by atoms with E-state index in [1.54, 1.807) is 24.4 Å². The molecule has 37 heavy (non-hydrogen) atoms. The topological polar surface area (TPSA) is 145 Å². The Morgan fingerprint density at radius 1 is 1.19 bits per heavy atom. The van der Waals surface area contributed by atoms with Crippen molar-refractivity contribution in [3.8, 4) is 11.5 Å². The molecule has 0 saturated heterocycles. The molecule has 0 aliphatic rings. The predicted molar refractivity (Wildman–Crippen MR) is 137 cm³/mol. The standard InChI is InChI=1S/C28H30N2O7/c1-4-5-6-17-12-25(32)37-24-10-15(2)9-23(26(17)24)36-16(3)27(33)30-22(28(34)35)11-18-14-29-21-8-7-19(31)13-20(18)21/h7-10,12-14,16,22,29,31H,4-6,11H2,1-3H3,(H,30,33)(H,34,35)/p-1/t16-,22-/m1/s1. The van der Waals surface area contributed by atoms with Crippen LogP contribution in [-0.4, -0.2) is 34.1 Å². The molecule has 2 aromatic carbocycles. The van der Waals surface area contributed by atoms with E-state index in [0.717, 1.165) is 29.5 Å². The first-order valence-electron chi connectivity index (χ1n) is 12.2. The van der Waals surface area contributed by atoms with Gasteiger partial charge in [0.1, 0.15) is 17.1 Å². The number of aromatic hydroxyl groups is 1. The second-order valence-corrected chi connectivity index (χ2v) is 9.22. The number of phenols is 1. The van der Waals surface area contributed by atoms with Crippen molar-refractivity contribution in [2.45, 2.75) is 58.6 Å². The number of carbonyl (C=O) groups is 2. The van der Waals surface area contributed by atoms with Crippen molar-refractivity contribution in [3.63, 3.8) is 0 Å². The Bertz CT molecular complexity index is 1520.